The van der Waals surface area contributed by atoms with Gasteiger partial charge in [0, 0.05) is 5.56 Å². The van der Waals surface area contributed by atoms with E-state index in [1.165, 1.54) is 6.92 Å². The molecule has 0 unspecified atom stereocenters. The number of benzene rings is 1. The van der Waals surface area contributed by atoms with Crippen molar-refractivity contribution in [2.24, 2.45) is 0 Å². The highest BCUT2D eigenvalue weighted by atomic mass is 35.5. The molecule has 0 amide bonds. The fourth-order valence-electron chi connectivity index (χ4n) is 1.38. The molecule has 2 heteroatoms. The summed E-state index contributed by atoms with van der Waals surface area (Å²) in [5.74, 6) is 0.0149. The Morgan fingerprint density at radius 2 is 1.86 bits per heavy atom. The number of carbonyl (C=O) groups excluding carboxylic acids is 1. The first-order valence-corrected chi connectivity index (χ1v) is 5.02. The van der Waals surface area contributed by atoms with Crippen molar-refractivity contribution in [2.75, 3.05) is 0 Å². The van der Waals surface area contributed by atoms with E-state index in [0.717, 1.165) is 5.56 Å². The summed E-state index contributed by atoms with van der Waals surface area (Å²) in [6.45, 7) is 7.78. The molecule has 1 nitrogen and oxygen atoms in total. The van der Waals surface area contributed by atoms with Crippen molar-refractivity contribution in [1.29, 1.82) is 0 Å². The zero-order valence-corrected chi connectivity index (χ0v) is 9.77. The Hall–Kier alpha value is -0.820. The molecule has 76 valence electrons. The predicted molar refractivity (Wildman–Crippen MR) is 60.2 cm³/mol. The molecule has 0 saturated carbocycles. The Kier molecular flexibility index (Phi) is 3.01. The second-order valence-electron chi connectivity index (χ2n) is 4.47. The normalized spacial score (nSPS) is 11.5. The van der Waals surface area contributed by atoms with E-state index in [4.69, 9.17) is 11.6 Å². The van der Waals surface area contributed by atoms with Crippen molar-refractivity contribution in [3.63, 3.8) is 0 Å². The van der Waals surface area contributed by atoms with Gasteiger partial charge in [-0.25, -0.2) is 0 Å². The summed E-state index contributed by atoms with van der Waals surface area (Å²) in [5, 5.41) is 0.590. The molecular formula is C12H15ClO. The molecule has 1 aromatic rings. The first kappa shape index (κ1) is 11.3. The maximum Gasteiger partial charge on any atom is 0.161 e. The molecular weight excluding hydrogens is 196 g/mol. The van der Waals surface area contributed by atoms with Crippen LogP contribution in [0.5, 0.6) is 0 Å². The van der Waals surface area contributed by atoms with Crippen LogP contribution in [0.3, 0.4) is 0 Å². The van der Waals surface area contributed by atoms with Gasteiger partial charge in [-0.05, 0) is 24.0 Å². The minimum absolute atomic E-state index is 0.0149. The number of hydrogen-bond acceptors (Lipinski definition) is 1. The molecule has 0 N–H and O–H groups in total. The van der Waals surface area contributed by atoms with Crippen molar-refractivity contribution in [3.8, 4) is 0 Å². The minimum atomic E-state index is -0.0253. The summed E-state index contributed by atoms with van der Waals surface area (Å²) in [7, 11) is 0. The Bertz CT molecular complexity index is 361. The van der Waals surface area contributed by atoms with Gasteiger partial charge >= 0.3 is 0 Å². The highest BCUT2D eigenvalue weighted by Crippen LogP contribution is 2.31. The summed E-state index contributed by atoms with van der Waals surface area (Å²) in [6.07, 6.45) is 0. The van der Waals surface area contributed by atoms with Crippen LogP contribution in [0.1, 0.15) is 43.6 Å². The van der Waals surface area contributed by atoms with Gasteiger partial charge in [0.1, 0.15) is 0 Å². The highest BCUT2D eigenvalue weighted by Gasteiger charge is 2.19. The second-order valence-corrected chi connectivity index (χ2v) is 4.85. The van der Waals surface area contributed by atoms with E-state index in [-0.39, 0.29) is 11.2 Å². The van der Waals surface area contributed by atoms with Crippen LogP contribution in [0.25, 0.3) is 0 Å². The summed E-state index contributed by atoms with van der Waals surface area (Å²) in [5.41, 5.74) is 1.61. The van der Waals surface area contributed by atoms with Gasteiger partial charge in [0.05, 0.1) is 5.02 Å². The average Bonchev–Trinajstić information content (AvgIpc) is 2.01. The number of carbonyl (C=O) groups is 1. The maximum atomic E-state index is 11.3. The highest BCUT2D eigenvalue weighted by molar-refractivity contribution is 6.34. The largest absolute Gasteiger partial charge is 0.294 e. The van der Waals surface area contributed by atoms with Crippen LogP contribution in [0.4, 0.5) is 0 Å². The van der Waals surface area contributed by atoms with Crippen molar-refractivity contribution in [1.82, 2.24) is 0 Å². The molecule has 0 radical (unpaired) electrons. The predicted octanol–water partition coefficient (Wildman–Crippen LogP) is 3.84. The van der Waals surface area contributed by atoms with E-state index in [1.807, 2.05) is 12.1 Å². The molecule has 0 aliphatic rings. The molecule has 0 aliphatic heterocycles. The number of Topliss-reactive ketones (excluding diaryl/α,β-unsaturated/α-hetero) is 1. The fourth-order valence-corrected chi connectivity index (χ4v) is 1.93. The lowest BCUT2D eigenvalue weighted by molar-refractivity contribution is 0.101. The van der Waals surface area contributed by atoms with E-state index in [9.17, 15) is 4.79 Å². The average molecular weight is 211 g/mol. The zero-order chi connectivity index (χ0) is 10.9. The monoisotopic (exact) mass is 210 g/mol. The number of ketones is 1. The van der Waals surface area contributed by atoms with Gasteiger partial charge in [-0.1, -0.05) is 44.5 Å². The summed E-state index contributed by atoms with van der Waals surface area (Å²) in [4.78, 5) is 11.3. The minimum Gasteiger partial charge on any atom is -0.294 e. The third kappa shape index (κ3) is 2.16. The van der Waals surface area contributed by atoms with E-state index >= 15 is 0 Å². The Labute approximate surface area is 90.1 Å². The first-order valence-electron chi connectivity index (χ1n) is 4.64. The Morgan fingerprint density at radius 3 is 2.29 bits per heavy atom. The molecule has 0 spiro atoms. The van der Waals surface area contributed by atoms with Gasteiger partial charge in [-0.15, -0.1) is 0 Å². The number of hydrogen-bond donors (Lipinski definition) is 0. The van der Waals surface area contributed by atoms with Gasteiger partial charge in [0.2, 0.25) is 0 Å². The molecule has 0 aliphatic carbocycles. The maximum absolute atomic E-state index is 11.3. The SMILES string of the molecule is CC(=O)c1cccc(C(C)(C)C)c1Cl. The standard InChI is InChI=1S/C12H15ClO/c1-8(14)9-6-5-7-10(11(9)13)12(2,3)4/h5-7H,1-4H3. The van der Waals surface area contributed by atoms with Crippen LogP contribution in [-0.2, 0) is 5.41 Å². The van der Waals surface area contributed by atoms with E-state index in [2.05, 4.69) is 20.8 Å². The lowest BCUT2D eigenvalue weighted by atomic mass is 9.86. The molecule has 1 aromatic carbocycles. The second kappa shape index (κ2) is 3.74. The zero-order valence-electron chi connectivity index (χ0n) is 9.02. The van der Waals surface area contributed by atoms with Crippen molar-refractivity contribution >= 4 is 17.4 Å². The van der Waals surface area contributed by atoms with E-state index in [1.54, 1.807) is 6.07 Å². The van der Waals surface area contributed by atoms with Gasteiger partial charge in [0.25, 0.3) is 0 Å². The lowest BCUT2D eigenvalue weighted by Gasteiger charge is -2.21. The van der Waals surface area contributed by atoms with E-state index in [0.29, 0.717) is 10.6 Å². The van der Waals surface area contributed by atoms with Crippen LogP contribution in [0.2, 0.25) is 5.02 Å². The Balaban J connectivity index is 3.35. The summed E-state index contributed by atoms with van der Waals surface area (Å²) in [6, 6.07) is 5.61. The van der Waals surface area contributed by atoms with Gasteiger partial charge in [0.15, 0.2) is 5.78 Å². The number of halogens is 1. The third-order valence-corrected chi connectivity index (χ3v) is 2.59. The van der Waals surface area contributed by atoms with Crippen LogP contribution in [-0.4, -0.2) is 5.78 Å². The molecule has 0 bridgehead atoms. The molecule has 0 aromatic heterocycles. The quantitative estimate of drug-likeness (QED) is 0.644. The van der Waals surface area contributed by atoms with Crippen LogP contribution in [0, 0.1) is 0 Å². The third-order valence-electron chi connectivity index (χ3n) is 2.19. The van der Waals surface area contributed by atoms with Gasteiger partial charge in [-0.3, -0.25) is 4.79 Å². The van der Waals surface area contributed by atoms with E-state index < -0.39 is 0 Å². The summed E-state index contributed by atoms with van der Waals surface area (Å²) < 4.78 is 0. The molecule has 14 heavy (non-hydrogen) atoms. The summed E-state index contributed by atoms with van der Waals surface area (Å²) >= 11 is 6.17. The molecule has 1 rings (SSSR count). The van der Waals surface area contributed by atoms with Crippen LogP contribution >= 0.6 is 11.6 Å². The van der Waals surface area contributed by atoms with Crippen LogP contribution < -0.4 is 0 Å². The van der Waals surface area contributed by atoms with Crippen LogP contribution in [0.15, 0.2) is 18.2 Å². The van der Waals surface area contributed by atoms with Gasteiger partial charge in [-0.2, -0.15) is 0 Å². The lowest BCUT2D eigenvalue weighted by Crippen LogP contribution is -2.13. The molecule has 0 heterocycles. The fraction of sp³-hybridized carbons (Fsp3) is 0.417. The number of rotatable bonds is 1. The van der Waals surface area contributed by atoms with Crippen molar-refractivity contribution < 1.29 is 4.79 Å². The Morgan fingerprint density at radius 1 is 1.29 bits per heavy atom. The molecule has 0 saturated heterocycles. The first-order chi connectivity index (χ1) is 6.34. The van der Waals surface area contributed by atoms with Gasteiger partial charge < -0.3 is 0 Å². The smallest absolute Gasteiger partial charge is 0.161 e. The molecule has 0 atom stereocenters. The topological polar surface area (TPSA) is 17.1 Å². The van der Waals surface area contributed by atoms with Crippen molar-refractivity contribution in [3.05, 3.63) is 34.3 Å². The van der Waals surface area contributed by atoms with Crippen molar-refractivity contribution in [2.45, 2.75) is 33.1 Å². The molecule has 0 fully saturated rings.